The van der Waals surface area contributed by atoms with Crippen molar-refractivity contribution in [2.75, 3.05) is 10.0 Å². The minimum atomic E-state index is -3.79. The monoisotopic (exact) mass is 404 g/mol. The summed E-state index contributed by atoms with van der Waals surface area (Å²) in [6.45, 7) is 0. The van der Waals surface area contributed by atoms with Gasteiger partial charge in [0.05, 0.1) is 10.5 Å². The lowest BCUT2D eigenvalue weighted by atomic mass is 10.1. The summed E-state index contributed by atoms with van der Waals surface area (Å²) in [6, 6.07) is 21.2. The zero-order chi connectivity index (χ0) is 20.3. The first-order chi connectivity index (χ1) is 14.0. The number of aromatic nitrogens is 2. The molecule has 1 aromatic heterocycles. The van der Waals surface area contributed by atoms with Gasteiger partial charge in [-0.15, -0.1) is 0 Å². The molecule has 3 aromatic carbocycles. The quantitative estimate of drug-likeness (QED) is 0.528. The van der Waals surface area contributed by atoms with Crippen LogP contribution in [0.3, 0.4) is 0 Å². The first-order valence-electron chi connectivity index (χ1n) is 8.72. The van der Waals surface area contributed by atoms with Crippen LogP contribution in [0, 0.1) is 0 Å². The van der Waals surface area contributed by atoms with Crippen molar-refractivity contribution in [2.24, 2.45) is 0 Å². The largest absolute Gasteiger partial charge is 0.321 e. The van der Waals surface area contributed by atoms with Crippen LogP contribution in [0.15, 0.2) is 90.1 Å². The van der Waals surface area contributed by atoms with Crippen LogP contribution in [0.25, 0.3) is 10.8 Å². The lowest BCUT2D eigenvalue weighted by Crippen LogP contribution is -2.17. The van der Waals surface area contributed by atoms with E-state index < -0.39 is 10.0 Å². The predicted molar refractivity (Wildman–Crippen MR) is 111 cm³/mol. The highest BCUT2D eigenvalue weighted by Gasteiger charge is 2.16. The zero-order valence-corrected chi connectivity index (χ0v) is 15.9. The fourth-order valence-electron chi connectivity index (χ4n) is 2.81. The Morgan fingerprint density at radius 1 is 0.793 bits per heavy atom. The van der Waals surface area contributed by atoms with Crippen LogP contribution in [-0.2, 0) is 10.0 Å². The number of rotatable bonds is 5. The lowest BCUT2D eigenvalue weighted by molar-refractivity contribution is 0.102. The van der Waals surface area contributed by atoms with Crippen LogP contribution >= 0.6 is 0 Å². The summed E-state index contributed by atoms with van der Waals surface area (Å²) < 4.78 is 26.9. The third-order valence-electron chi connectivity index (χ3n) is 4.23. The van der Waals surface area contributed by atoms with Crippen molar-refractivity contribution in [3.8, 4) is 0 Å². The van der Waals surface area contributed by atoms with E-state index in [0.29, 0.717) is 5.69 Å². The van der Waals surface area contributed by atoms with Gasteiger partial charge in [-0.1, -0.05) is 54.6 Å². The van der Waals surface area contributed by atoms with Gasteiger partial charge in [0, 0.05) is 23.5 Å². The van der Waals surface area contributed by atoms with Gasteiger partial charge >= 0.3 is 0 Å². The molecule has 4 rings (SSSR count). The average molecular weight is 404 g/mol. The minimum absolute atomic E-state index is 0.0985. The summed E-state index contributed by atoms with van der Waals surface area (Å²) in [4.78, 5) is 20.5. The first-order valence-corrected chi connectivity index (χ1v) is 10.2. The summed E-state index contributed by atoms with van der Waals surface area (Å²) >= 11 is 0. The van der Waals surface area contributed by atoms with Gasteiger partial charge in [-0.25, -0.2) is 23.1 Å². The Labute approximate surface area is 167 Å². The molecule has 29 heavy (non-hydrogen) atoms. The van der Waals surface area contributed by atoms with Crippen LogP contribution in [0.4, 0.5) is 11.6 Å². The van der Waals surface area contributed by atoms with Gasteiger partial charge in [0.25, 0.3) is 15.9 Å². The van der Waals surface area contributed by atoms with Gasteiger partial charge in [-0.05, 0) is 23.6 Å². The van der Waals surface area contributed by atoms with Crippen molar-refractivity contribution in [1.82, 2.24) is 9.97 Å². The van der Waals surface area contributed by atoms with Crippen LogP contribution in [0.1, 0.15) is 10.4 Å². The SMILES string of the molecule is O=C(Nc1cccc2ccccc12)c1cnc(NS(=O)(=O)c2ccccc2)nc1. The Morgan fingerprint density at radius 2 is 1.45 bits per heavy atom. The summed E-state index contributed by atoms with van der Waals surface area (Å²) in [5.41, 5.74) is 0.877. The van der Waals surface area contributed by atoms with E-state index in [-0.39, 0.29) is 22.3 Å². The number of sulfonamides is 1. The third kappa shape index (κ3) is 4.07. The molecule has 1 amide bonds. The average Bonchev–Trinajstić information content (AvgIpc) is 2.75. The highest BCUT2D eigenvalue weighted by atomic mass is 32.2. The number of benzene rings is 3. The molecule has 0 aliphatic carbocycles. The molecule has 0 saturated heterocycles. The molecule has 0 aliphatic heterocycles. The van der Waals surface area contributed by atoms with Crippen molar-refractivity contribution in [2.45, 2.75) is 4.90 Å². The molecule has 0 unspecified atom stereocenters. The maximum Gasteiger partial charge on any atom is 0.264 e. The van der Waals surface area contributed by atoms with Crippen molar-refractivity contribution in [1.29, 1.82) is 0 Å². The molecule has 0 aliphatic rings. The molecule has 0 fully saturated rings. The minimum Gasteiger partial charge on any atom is -0.321 e. The van der Waals surface area contributed by atoms with Crippen LogP contribution < -0.4 is 10.0 Å². The maximum atomic E-state index is 12.5. The fraction of sp³-hybridized carbons (Fsp3) is 0. The molecule has 8 heteroatoms. The molecule has 0 atom stereocenters. The lowest BCUT2D eigenvalue weighted by Gasteiger charge is -2.09. The second-order valence-electron chi connectivity index (χ2n) is 6.19. The van der Waals surface area contributed by atoms with E-state index in [2.05, 4.69) is 20.0 Å². The Kier molecular flexibility index (Phi) is 4.92. The van der Waals surface area contributed by atoms with Crippen molar-refractivity contribution in [3.63, 3.8) is 0 Å². The molecule has 0 radical (unpaired) electrons. The number of anilines is 2. The normalized spacial score (nSPS) is 11.2. The standard InChI is InChI=1S/C21H16N4O3S/c26-20(24-19-12-6-8-15-7-4-5-11-18(15)19)16-13-22-21(23-14-16)25-29(27,28)17-9-2-1-3-10-17/h1-14H,(H,24,26)(H,22,23,25). The van der Waals surface area contributed by atoms with Crippen molar-refractivity contribution >= 4 is 38.3 Å². The van der Waals surface area contributed by atoms with Crippen LogP contribution in [-0.4, -0.2) is 24.3 Å². The summed E-state index contributed by atoms with van der Waals surface area (Å²) in [6.07, 6.45) is 2.55. The first kappa shape index (κ1) is 18.6. The zero-order valence-electron chi connectivity index (χ0n) is 15.1. The molecule has 0 spiro atoms. The van der Waals surface area contributed by atoms with E-state index in [0.717, 1.165) is 10.8 Å². The van der Waals surface area contributed by atoms with E-state index in [1.165, 1.54) is 24.5 Å². The van der Waals surface area contributed by atoms with Gasteiger partial charge in [-0.2, -0.15) is 0 Å². The van der Waals surface area contributed by atoms with Gasteiger partial charge in [0.2, 0.25) is 5.95 Å². The number of hydrogen-bond donors (Lipinski definition) is 2. The van der Waals surface area contributed by atoms with Gasteiger partial charge in [0.1, 0.15) is 0 Å². The number of carbonyl (C=O) groups excluding carboxylic acids is 1. The maximum absolute atomic E-state index is 12.5. The predicted octanol–water partition coefficient (Wildman–Crippen LogP) is 3.68. The molecular formula is C21H16N4O3S. The summed E-state index contributed by atoms with van der Waals surface area (Å²) in [5, 5.41) is 4.76. The molecule has 144 valence electrons. The molecule has 0 bridgehead atoms. The number of amides is 1. The molecule has 1 heterocycles. The number of hydrogen-bond acceptors (Lipinski definition) is 5. The Hall–Kier alpha value is -3.78. The van der Waals surface area contributed by atoms with E-state index in [1.807, 2.05) is 42.5 Å². The second-order valence-corrected chi connectivity index (χ2v) is 7.88. The topological polar surface area (TPSA) is 101 Å². The van der Waals surface area contributed by atoms with Crippen molar-refractivity contribution in [3.05, 3.63) is 90.8 Å². The van der Waals surface area contributed by atoms with E-state index >= 15 is 0 Å². The van der Waals surface area contributed by atoms with Crippen LogP contribution in [0.2, 0.25) is 0 Å². The highest BCUT2D eigenvalue weighted by Crippen LogP contribution is 2.23. The molecule has 4 aromatic rings. The molecular weight excluding hydrogens is 388 g/mol. The third-order valence-corrected chi connectivity index (χ3v) is 5.58. The Balaban J connectivity index is 1.51. The van der Waals surface area contributed by atoms with Crippen LogP contribution in [0.5, 0.6) is 0 Å². The van der Waals surface area contributed by atoms with E-state index in [9.17, 15) is 13.2 Å². The van der Waals surface area contributed by atoms with Crippen molar-refractivity contribution < 1.29 is 13.2 Å². The van der Waals surface area contributed by atoms with Gasteiger partial charge in [0.15, 0.2) is 0 Å². The number of carbonyl (C=O) groups is 1. The second kappa shape index (κ2) is 7.69. The fourth-order valence-corrected chi connectivity index (χ4v) is 3.78. The number of nitrogens with zero attached hydrogens (tertiary/aromatic N) is 2. The number of fused-ring (bicyclic) bond motifs is 1. The van der Waals surface area contributed by atoms with Gasteiger partial charge in [-0.3, -0.25) is 4.79 Å². The van der Waals surface area contributed by atoms with E-state index in [4.69, 9.17) is 0 Å². The summed E-state index contributed by atoms with van der Waals surface area (Å²) in [5.74, 6) is -0.505. The summed E-state index contributed by atoms with van der Waals surface area (Å²) in [7, 11) is -3.79. The molecule has 2 N–H and O–H groups in total. The van der Waals surface area contributed by atoms with E-state index in [1.54, 1.807) is 18.2 Å². The Morgan fingerprint density at radius 3 is 2.21 bits per heavy atom. The molecule has 0 saturated carbocycles. The number of nitrogens with one attached hydrogen (secondary N) is 2. The molecule has 7 nitrogen and oxygen atoms in total. The highest BCUT2D eigenvalue weighted by molar-refractivity contribution is 7.92. The Bertz CT molecular complexity index is 1270. The van der Waals surface area contributed by atoms with Gasteiger partial charge < -0.3 is 5.32 Å². The smallest absolute Gasteiger partial charge is 0.264 e.